The molecule has 2 aliphatic rings. The molecule has 1 aromatic heterocycles. The van der Waals surface area contributed by atoms with Crippen LogP contribution in [0.25, 0.3) is 16.6 Å². The molecule has 1 saturated heterocycles. The number of hydrogen-bond donors (Lipinski definition) is 2. The fourth-order valence-electron chi connectivity index (χ4n) is 4.49. The molecule has 0 bridgehead atoms. The smallest absolute Gasteiger partial charge is 0.418 e. The lowest BCUT2D eigenvalue weighted by molar-refractivity contribution is -0.136. The van der Waals surface area contributed by atoms with Crippen LogP contribution in [-0.2, 0) is 22.3 Å². The first-order valence-corrected chi connectivity index (χ1v) is 12.9. The third-order valence-electron chi connectivity index (χ3n) is 6.44. The number of allylic oxidation sites excluding steroid dienone is 4. The summed E-state index contributed by atoms with van der Waals surface area (Å²) in [7, 11) is 0. The van der Waals surface area contributed by atoms with E-state index in [-0.39, 0.29) is 48.0 Å². The van der Waals surface area contributed by atoms with Crippen molar-refractivity contribution in [3.05, 3.63) is 59.0 Å². The summed E-state index contributed by atoms with van der Waals surface area (Å²) in [6, 6.07) is 2.54. The number of benzene rings is 1. The number of piperidine rings is 1. The van der Waals surface area contributed by atoms with Crippen LogP contribution in [-0.4, -0.2) is 51.5 Å². The lowest BCUT2D eigenvalue weighted by Crippen LogP contribution is -2.43. The molecule has 1 aromatic carbocycles. The molecule has 1 aliphatic carbocycles. The van der Waals surface area contributed by atoms with Gasteiger partial charge in [0.15, 0.2) is 0 Å². The van der Waals surface area contributed by atoms with E-state index in [1.54, 1.807) is 39.0 Å². The summed E-state index contributed by atoms with van der Waals surface area (Å²) in [4.78, 5) is 33.2. The Kier molecular flexibility index (Phi) is 8.09. The van der Waals surface area contributed by atoms with Crippen LogP contribution in [0.5, 0.6) is 0 Å². The Balaban J connectivity index is 1.58. The summed E-state index contributed by atoms with van der Waals surface area (Å²) in [5, 5.41) is 2.47. The molecule has 2 aromatic rings. The standard InChI is InChI=1S/C28H31F5N4O3/c1-26(2,3)40-25(39)34-16-22-35-21-15-19(14-20(23(21)36-22)28(31,32)33)17-6-4-5-7-18(9-8-17)24(38)37-12-10-27(29,30)11-13-37/h6-9,14-15H,4-5,10-13,16H2,1-3H3,(H,34,39)(H,35,36). The number of aromatic amines is 1. The maximum atomic E-state index is 14.1. The van der Waals surface area contributed by atoms with Crippen LogP contribution in [0.4, 0.5) is 26.7 Å². The van der Waals surface area contributed by atoms with Crippen LogP contribution in [0.3, 0.4) is 0 Å². The zero-order valence-electron chi connectivity index (χ0n) is 22.4. The second kappa shape index (κ2) is 11.1. The minimum atomic E-state index is -4.71. The van der Waals surface area contributed by atoms with E-state index in [1.165, 1.54) is 17.0 Å². The third kappa shape index (κ3) is 7.28. The molecule has 0 atom stereocenters. The molecule has 40 heavy (non-hydrogen) atoms. The van der Waals surface area contributed by atoms with E-state index in [0.717, 1.165) is 6.07 Å². The molecule has 2 amide bonds. The van der Waals surface area contributed by atoms with Gasteiger partial charge in [-0.2, -0.15) is 13.2 Å². The Bertz CT molecular complexity index is 1370. The zero-order valence-corrected chi connectivity index (χ0v) is 22.4. The van der Waals surface area contributed by atoms with Gasteiger partial charge >= 0.3 is 12.3 Å². The number of carbonyl (C=O) groups is 2. The molecule has 0 saturated carbocycles. The Morgan fingerprint density at radius 2 is 1.75 bits per heavy atom. The fourth-order valence-corrected chi connectivity index (χ4v) is 4.49. The number of nitrogens with one attached hydrogen (secondary N) is 2. The highest BCUT2D eigenvalue weighted by Crippen LogP contribution is 2.37. The minimum Gasteiger partial charge on any atom is -0.444 e. The third-order valence-corrected chi connectivity index (χ3v) is 6.44. The minimum absolute atomic E-state index is 0.0593. The Morgan fingerprint density at radius 1 is 1.07 bits per heavy atom. The molecule has 2 N–H and O–H groups in total. The summed E-state index contributed by atoms with van der Waals surface area (Å²) in [6.07, 6.45) is 1.24. The molecule has 0 unspecified atom stereocenters. The summed E-state index contributed by atoms with van der Waals surface area (Å²) < 4.78 is 74.4. The summed E-state index contributed by atoms with van der Waals surface area (Å²) in [6.45, 7) is 4.77. The van der Waals surface area contributed by atoms with Gasteiger partial charge in [-0.1, -0.05) is 18.2 Å². The number of carbonyl (C=O) groups excluding carboxylic acids is 2. The molecular weight excluding hydrogens is 535 g/mol. The highest BCUT2D eigenvalue weighted by molar-refractivity contribution is 5.97. The van der Waals surface area contributed by atoms with Gasteiger partial charge in [0.2, 0.25) is 0 Å². The summed E-state index contributed by atoms with van der Waals surface area (Å²) >= 11 is 0. The number of aromatic nitrogens is 2. The first kappa shape index (κ1) is 29.3. The number of amides is 2. The molecule has 4 rings (SSSR count). The molecule has 2 heterocycles. The number of alkyl carbamates (subject to hydrolysis) is 1. The van der Waals surface area contributed by atoms with Gasteiger partial charge in [-0.25, -0.2) is 18.6 Å². The lowest BCUT2D eigenvalue weighted by Gasteiger charge is -2.32. The van der Waals surface area contributed by atoms with Gasteiger partial charge in [0, 0.05) is 31.5 Å². The second-order valence-corrected chi connectivity index (χ2v) is 10.8. The van der Waals surface area contributed by atoms with Crippen LogP contribution in [0.2, 0.25) is 0 Å². The summed E-state index contributed by atoms with van der Waals surface area (Å²) in [5.74, 6) is -3.05. The van der Waals surface area contributed by atoms with Crippen molar-refractivity contribution in [2.24, 2.45) is 0 Å². The van der Waals surface area contributed by atoms with Gasteiger partial charge in [0.25, 0.3) is 11.8 Å². The van der Waals surface area contributed by atoms with Gasteiger partial charge in [0.05, 0.1) is 17.6 Å². The van der Waals surface area contributed by atoms with Crippen LogP contribution < -0.4 is 5.32 Å². The molecule has 0 radical (unpaired) electrons. The predicted molar refractivity (Wildman–Crippen MR) is 139 cm³/mol. The van der Waals surface area contributed by atoms with Gasteiger partial charge in [-0.05, 0) is 63.0 Å². The van der Waals surface area contributed by atoms with Crippen LogP contribution in [0.15, 0.2) is 42.0 Å². The van der Waals surface area contributed by atoms with Crippen LogP contribution >= 0.6 is 0 Å². The van der Waals surface area contributed by atoms with Gasteiger partial charge in [-0.15, -0.1) is 0 Å². The van der Waals surface area contributed by atoms with E-state index in [9.17, 15) is 31.5 Å². The largest absolute Gasteiger partial charge is 0.444 e. The SMILES string of the molecule is CC(C)(C)OC(=O)NCc1nc2c(C(F)(F)F)cc(C3=CCCC=C(C(=O)N4CCC(F)(F)CC4)C=C3)cc2[nH]1. The van der Waals surface area contributed by atoms with E-state index in [0.29, 0.717) is 24.0 Å². The number of alkyl halides is 5. The lowest BCUT2D eigenvalue weighted by atomic mass is 9.96. The highest BCUT2D eigenvalue weighted by atomic mass is 19.4. The van der Waals surface area contributed by atoms with E-state index < -0.39 is 42.2 Å². The number of imidazole rings is 1. The molecule has 1 aliphatic heterocycles. The van der Waals surface area contributed by atoms with Crippen molar-refractivity contribution in [2.45, 2.75) is 70.7 Å². The molecule has 216 valence electrons. The maximum Gasteiger partial charge on any atom is 0.418 e. The number of ether oxygens (including phenoxy) is 1. The number of fused-ring (bicyclic) bond motifs is 1. The highest BCUT2D eigenvalue weighted by Gasteiger charge is 2.36. The number of rotatable bonds is 4. The van der Waals surface area contributed by atoms with Crippen molar-refractivity contribution >= 4 is 28.6 Å². The average Bonchev–Trinajstić information content (AvgIpc) is 3.23. The number of H-pyrrole nitrogens is 1. The number of hydrogen-bond acceptors (Lipinski definition) is 4. The Morgan fingerprint density at radius 3 is 2.40 bits per heavy atom. The van der Waals surface area contributed by atoms with E-state index in [2.05, 4.69) is 15.3 Å². The fraction of sp³-hybridized carbons (Fsp3) is 0.464. The second-order valence-electron chi connectivity index (χ2n) is 10.8. The topological polar surface area (TPSA) is 87.3 Å². The van der Waals surface area contributed by atoms with Gasteiger partial charge in [0.1, 0.15) is 16.9 Å². The maximum absolute atomic E-state index is 14.1. The van der Waals surface area contributed by atoms with Crippen molar-refractivity contribution in [2.75, 3.05) is 13.1 Å². The van der Waals surface area contributed by atoms with Gasteiger partial charge < -0.3 is 19.9 Å². The van der Waals surface area contributed by atoms with E-state index in [1.807, 2.05) is 0 Å². The number of likely N-dealkylation sites (tertiary alicyclic amines) is 1. The average molecular weight is 567 g/mol. The zero-order chi connectivity index (χ0) is 29.3. The Hall–Kier alpha value is -3.70. The molecule has 1 fully saturated rings. The van der Waals surface area contributed by atoms with Crippen molar-refractivity contribution in [3.8, 4) is 0 Å². The molecular formula is C28H31F5N4O3. The number of nitrogens with zero attached hydrogens (tertiary/aromatic N) is 2. The predicted octanol–water partition coefficient (Wildman–Crippen LogP) is 6.52. The molecule has 12 heteroatoms. The first-order chi connectivity index (χ1) is 18.6. The van der Waals surface area contributed by atoms with Crippen molar-refractivity contribution in [3.63, 3.8) is 0 Å². The van der Waals surface area contributed by atoms with Crippen molar-refractivity contribution in [1.29, 1.82) is 0 Å². The quantitative estimate of drug-likeness (QED) is 0.413. The van der Waals surface area contributed by atoms with Crippen LogP contribution in [0, 0.1) is 0 Å². The first-order valence-electron chi connectivity index (χ1n) is 12.9. The molecule has 7 nitrogen and oxygen atoms in total. The van der Waals surface area contributed by atoms with Crippen molar-refractivity contribution < 1.29 is 36.3 Å². The van der Waals surface area contributed by atoms with Crippen LogP contribution in [0.1, 0.15) is 63.4 Å². The van der Waals surface area contributed by atoms with E-state index >= 15 is 0 Å². The van der Waals surface area contributed by atoms with E-state index in [4.69, 9.17) is 4.74 Å². The molecule has 0 spiro atoms. The Labute approximate surface area is 228 Å². The van der Waals surface area contributed by atoms with Crippen molar-refractivity contribution in [1.82, 2.24) is 20.2 Å². The van der Waals surface area contributed by atoms with Gasteiger partial charge in [-0.3, -0.25) is 4.79 Å². The number of halogens is 5. The summed E-state index contributed by atoms with van der Waals surface area (Å²) in [5.41, 5.74) is -0.801. The monoisotopic (exact) mass is 566 g/mol. The normalized spacial score (nSPS) is 18.1.